The molecule has 0 spiro atoms. The fourth-order valence-electron chi connectivity index (χ4n) is 3.22. The molecule has 2 aromatic rings. The fourth-order valence-corrected chi connectivity index (χ4v) is 3.22. The lowest BCUT2D eigenvalue weighted by molar-refractivity contribution is -0.128. The molecule has 2 amide bonds. The van der Waals surface area contributed by atoms with Gasteiger partial charge in [0.25, 0.3) is 0 Å². The van der Waals surface area contributed by atoms with E-state index in [1.54, 1.807) is 0 Å². The third-order valence-corrected chi connectivity index (χ3v) is 4.90. The van der Waals surface area contributed by atoms with E-state index in [0.29, 0.717) is 19.3 Å². The van der Waals surface area contributed by atoms with Crippen LogP contribution < -0.4 is 10.6 Å². The van der Waals surface area contributed by atoms with Crippen molar-refractivity contribution in [2.24, 2.45) is 5.92 Å². The Morgan fingerprint density at radius 3 is 1.97 bits per heavy atom. The first kappa shape index (κ1) is 24.1. The van der Waals surface area contributed by atoms with E-state index in [0.717, 1.165) is 11.1 Å². The Kier molecular flexibility index (Phi) is 9.75. The molecule has 2 aromatic carbocycles. The molecule has 0 fully saturated rings. The largest absolute Gasteiger partial charge is 0.445 e. The highest BCUT2D eigenvalue weighted by Crippen LogP contribution is 2.10. The zero-order valence-corrected chi connectivity index (χ0v) is 18.5. The van der Waals surface area contributed by atoms with E-state index in [1.807, 2.05) is 74.5 Å². The predicted octanol–water partition coefficient (Wildman–Crippen LogP) is 4.03. The van der Waals surface area contributed by atoms with Crippen LogP contribution in [-0.4, -0.2) is 29.9 Å². The third kappa shape index (κ3) is 9.03. The Morgan fingerprint density at radius 1 is 0.839 bits per heavy atom. The highest BCUT2D eigenvalue weighted by Gasteiger charge is 2.26. The second-order valence-corrected chi connectivity index (χ2v) is 8.08. The van der Waals surface area contributed by atoms with Crippen molar-refractivity contribution in [1.82, 2.24) is 10.6 Å². The molecule has 0 saturated heterocycles. The number of rotatable bonds is 11. The number of benzene rings is 2. The summed E-state index contributed by atoms with van der Waals surface area (Å²) in [6.45, 7) is 5.52. The van der Waals surface area contributed by atoms with Crippen LogP contribution in [0.1, 0.15) is 44.7 Å². The molecule has 1 unspecified atom stereocenters. The van der Waals surface area contributed by atoms with Crippen molar-refractivity contribution >= 4 is 17.8 Å². The molecule has 0 saturated carbocycles. The molecular weight excluding hydrogens is 392 g/mol. The maximum atomic E-state index is 12.9. The van der Waals surface area contributed by atoms with Crippen molar-refractivity contribution in [2.45, 2.75) is 58.7 Å². The first-order valence-corrected chi connectivity index (χ1v) is 10.7. The number of alkyl carbamates (subject to hydrolysis) is 1. The number of carbonyl (C=O) groups is 3. The van der Waals surface area contributed by atoms with E-state index in [2.05, 4.69) is 10.6 Å². The highest BCUT2D eigenvalue weighted by atomic mass is 16.5. The average molecular weight is 425 g/mol. The number of hydrogen-bond donors (Lipinski definition) is 2. The van der Waals surface area contributed by atoms with Crippen molar-refractivity contribution in [3.05, 3.63) is 71.8 Å². The van der Waals surface area contributed by atoms with E-state index in [9.17, 15) is 14.4 Å². The standard InChI is InChI=1S/C25H32N2O4/c1-18(2)16-23(27-25(30)31-17-21-12-8-5-9-13-21)24(29)26-22(19(3)28)15-14-20-10-6-4-7-11-20/h4-13,18,22-23H,14-17H2,1-3H3,(H,26,29)(H,27,30)/t22?,23-/m0/s1. The number of nitrogens with one attached hydrogen (secondary N) is 2. The lowest BCUT2D eigenvalue weighted by Gasteiger charge is -2.23. The van der Waals surface area contributed by atoms with Crippen LogP contribution in [0, 0.1) is 5.92 Å². The van der Waals surface area contributed by atoms with Crippen LogP contribution in [0.5, 0.6) is 0 Å². The molecule has 31 heavy (non-hydrogen) atoms. The Labute approximate surface area is 184 Å². The van der Waals surface area contributed by atoms with Crippen LogP contribution in [0.4, 0.5) is 4.79 Å². The van der Waals surface area contributed by atoms with Crippen molar-refractivity contribution in [3.63, 3.8) is 0 Å². The first-order valence-electron chi connectivity index (χ1n) is 10.7. The number of ether oxygens (including phenoxy) is 1. The van der Waals surface area contributed by atoms with Crippen molar-refractivity contribution < 1.29 is 19.1 Å². The van der Waals surface area contributed by atoms with Crippen LogP contribution in [0.3, 0.4) is 0 Å². The lowest BCUT2D eigenvalue weighted by atomic mass is 10.00. The van der Waals surface area contributed by atoms with Crippen LogP contribution in [0.2, 0.25) is 0 Å². The molecule has 0 aliphatic heterocycles. The summed E-state index contributed by atoms with van der Waals surface area (Å²) in [7, 11) is 0. The van der Waals surface area contributed by atoms with Gasteiger partial charge in [0, 0.05) is 0 Å². The summed E-state index contributed by atoms with van der Waals surface area (Å²) < 4.78 is 5.25. The monoisotopic (exact) mass is 424 g/mol. The van der Waals surface area contributed by atoms with E-state index >= 15 is 0 Å². The normalized spacial score (nSPS) is 12.6. The molecule has 2 N–H and O–H groups in total. The Hall–Kier alpha value is -3.15. The van der Waals surface area contributed by atoms with Gasteiger partial charge in [-0.2, -0.15) is 0 Å². The van der Waals surface area contributed by atoms with E-state index in [-0.39, 0.29) is 24.2 Å². The van der Waals surface area contributed by atoms with Gasteiger partial charge >= 0.3 is 6.09 Å². The fraction of sp³-hybridized carbons (Fsp3) is 0.400. The van der Waals surface area contributed by atoms with E-state index < -0.39 is 18.2 Å². The van der Waals surface area contributed by atoms with E-state index in [1.165, 1.54) is 6.92 Å². The van der Waals surface area contributed by atoms with Gasteiger partial charge in [0.2, 0.25) is 5.91 Å². The molecule has 6 heteroatoms. The summed E-state index contributed by atoms with van der Waals surface area (Å²) in [6, 6.07) is 17.8. The Bertz CT molecular complexity index is 837. The number of amides is 2. The summed E-state index contributed by atoms with van der Waals surface area (Å²) in [5.41, 5.74) is 1.96. The number of Topliss-reactive ketones (excluding diaryl/α,β-unsaturated/α-hetero) is 1. The van der Waals surface area contributed by atoms with Crippen molar-refractivity contribution in [2.75, 3.05) is 0 Å². The molecule has 166 valence electrons. The highest BCUT2D eigenvalue weighted by molar-refractivity contribution is 5.91. The van der Waals surface area contributed by atoms with Crippen LogP contribution in [-0.2, 0) is 27.4 Å². The molecule has 0 radical (unpaired) electrons. The van der Waals surface area contributed by atoms with Gasteiger partial charge in [-0.25, -0.2) is 4.79 Å². The summed E-state index contributed by atoms with van der Waals surface area (Å²) in [4.78, 5) is 37.2. The smallest absolute Gasteiger partial charge is 0.408 e. The molecular formula is C25H32N2O4. The van der Waals surface area contributed by atoms with Crippen molar-refractivity contribution in [3.8, 4) is 0 Å². The van der Waals surface area contributed by atoms with Gasteiger partial charge in [-0.05, 0) is 43.2 Å². The van der Waals surface area contributed by atoms with Crippen molar-refractivity contribution in [1.29, 1.82) is 0 Å². The average Bonchev–Trinajstić information content (AvgIpc) is 2.75. The zero-order chi connectivity index (χ0) is 22.6. The van der Waals surface area contributed by atoms with Crippen LogP contribution in [0.25, 0.3) is 0 Å². The van der Waals surface area contributed by atoms with Gasteiger partial charge < -0.3 is 15.4 Å². The van der Waals surface area contributed by atoms with Crippen LogP contribution in [0.15, 0.2) is 60.7 Å². The minimum atomic E-state index is -0.776. The second kappa shape index (κ2) is 12.5. The SMILES string of the molecule is CC(=O)C(CCc1ccccc1)NC(=O)[C@H](CC(C)C)NC(=O)OCc1ccccc1. The van der Waals surface area contributed by atoms with E-state index in [4.69, 9.17) is 4.74 Å². The molecule has 6 nitrogen and oxygen atoms in total. The molecule has 2 rings (SSSR count). The van der Waals surface area contributed by atoms with Gasteiger partial charge in [0.1, 0.15) is 12.6 Å². The number of aryl methyl sites for hydroxylation is 1. The minimum Gasteiger partial charge on any atom is -0.445 e. The summed E-state index contributed by atoms with van der Waals surface area (Å²) in [6.07, 6.45) is 0.952. The van der Waals surface area contributed by atoms with Gasteiger partial charge in [-0.3, -0.25) is 9.59 Å². The Balaban J connectivity index is 1.94. The Morgan fingerprint density at radius 2 is 1.42 bits per heavy atom. The molecule has 0 heterocycles. The molecule has 0 aliphatic carbocycles. The second-order valence-electron chi connectivity index (χ2n) is 8.08. The molecule has 0 aromatic heterocycles. The first-order chi connectivity index (χ1) is 14.8. The van der Waals surface area contributed by atoms with Gasteiger partial charge in [0.05, 0.1) is 6.04 Å². The number of hydrogen-bond acceptors (Lipinski definition) is 4. The third-order valence-electron chi connectivity index (χ3n) is 4.90. The summed E-state index contributed by atoms with van der Waals surface area (Å²) >= 11 is 0. The number of carbonyl (C=O) groups excluding carboxylic acids is 3. The zero-order valence-electron chi connectivity index (χ0n) is 18.5. The van der Waals surface area contributed by atoms with Gasteiger partial charge in [0.15, 0.2) is 5.78 Å². The maximum Gasteiger partial charge on any atom is 0.408 e. The van der Waals surface area contributed by atoms with Gasteiger partial charge in [-0.15, -0.1) is 0 Å². The lowest BCUT2D eigenvalue weighted by Crippen LogP contribution is -2.51. The summed E-state index contributed by atoms with van der Waals surface area (Å²) in [5, 5.41) is 5.46. The molecule has 0 aliphatic rings. The quantitative estimate of drug-likeness (QED) is 0.570. The minimum absolute atomic E-state index is 0.112. The summed E-state index contributed by atoms with van der Waals surface area (Å²) in [5.74, 6) is -0.317. The maximum absolute atomic E-state index is 12.9. The molecule has 0 bridgehead atoms. The molecule has 2 atom stereocenters. The van der Waals surface area contributed by atoms with Crippen LogP contribution >= 0.6 is 0 Å². The topological polar surface area (TPSA) is 84.5 Å². The van der Waals surface area contributed by atoms with Gasteiger partial charge in [-0.1, -0.05) is 74.5 Å². The number of ketones is 1. The predicted molar refractivity (Wildman–Crippen MR) is 120 cm³/mol.